The van der Waals surface area contributed by atoms with Crippen molar-refractivity contribution in [1.82, 2.24) is 0 Å². The van der Waals surface area contributed by atoms with Crippen molar-refractivity contribution in [3.63, 3.8) is 0 Å². The molecule has 2 N–H and O–H groups in total. The van der Waals surface area contributed by atoms with Crippen molar-refractivity contribution in [2.75, 3.05) is 6.61 Å². The molecule has 0 bridgehead atoms. The fourth-order valence-corrected chi connectivity index (χ4v) is 3.58. The van der Waals surface area contributed by atoms with Gasteiger partial charge in [-0.1, -0.05) is 18.7 Å². The van der Waals surface area contributed by atoms with Gasteiger partial charge in [-0.3, -0.25) is 4.79 Å². The summed E-state index contributed by atoms with van der Waals surface area (Å²) in [6, 6.07) is 11.8. The molecule has 0 spiro atoms. The minimum absolute atomic E-state index is 0.154. The Morgan fingerprint density at radius 3 is 2.08 bits per heavy atom. The Balaban J connectivity index is 1.47. The number of benzene rings is 2. The van der Waals surface area contributed by atoms with E-state index in [0.29, 0.717) is 31.2 Å². The van der Waals surface area contributed by atoms with Crippen molar-refractivity contribution in [1.29, 1.82) is 0 Å². The Morgan fingerprint density at radius 2 is 1.50 bits per heavy atom. The smallest absolute Gasteiger partial charge is 0.349 e. The number of esters is 3. The van der Waals surface area contributed by atoms with Gasteiger partial charge in [0.2, 0.25) is 0 Å². The summed E-state index contributed by atoms with van der Waals surface area (Å²) < 4.78 is 20.6. The van der Waals surface area contributed by atoms with Gasteiger partial charge in [0.05, 0.1) is 17.6 Å². The van der Waals surface area contributed by atoms with Crippen molar-refractivity contribution in [2.24, 2.45) is 5.92 Å². The Bertz CT molecular complexity index is 1080. The highest BCUT2D eigenvalue weighted by molar-refractivity contribution is 5.91. The van der Waals surface area contributed by atoms with Crippen molar-refractivity contribution < 1.29 is 48.3 Å². The molecule has 10 nitrogen and oxygen atoms in total. The third-order valence-corrected chi connectivity index (χ3v) is 5.54. The zero-order chi connectivity index (χ0) is 26.1. The lowest BCUT2D eigenvalue weighted by molar-refractivity contribution is -0.157. The zero-order valence-corrected chi connectivity index (χ0v) is 19.3. The van der Waals surface area contributed by atoms with Crippen LogP contribution in [0, 0.1) is 5.92 Å². The van der Waals surface area contributed by atoms with Crippen molar-refractivity contribution >= 4 is 23.9 Å². The van der Waals surface area contributed by atoms with E-state index in [-0.39, 0.29) is 29.1 Å². The number of hydrogen-bond donors (Lipinski definition) is 2. The first-order chi connectivity index (χ1) is 17.2. The molecular formula is C26H26O10. The zero-order valence-electron chi connectivity index (χ0n) is 19.3. The number of carboxylic acids is 1. The third kappa shape index (κ3) is 7.76. The van der Waals surface area contributed by atoms with Crippen LogP contribution in [0.15, 0.2) is 61.2 Å². The number of carbonyl (C=O) groups is 4. The maximum absolute atomic E-state index is 12.4. The minimum atomic E-state index is -1.18. The van der Waals surface area contributed by atoms with Crippen LogP contribution in [0.3, 0.4) is 0 Å². The molecule has 1 fully saturated rings. The van der Waals surface area contributed by atoms with Crippen LogP contribution in [-0.2, 0) is 23.9 Å². The van der Waals surface area contributed by atoms with E-state index in [1.54, 1.807) is 12.1 Å². The van der Waals surface area contributed by atoms with Crippen molar-refractivity contribution in [2.45, 2.75) is 38.1 Å². The van der Waals surface area contributed by atoms with Gasteiger partial charge in [0.1, 0.15) is 11.5 Å². The van der Waals surface area contributed by atoms with Gasteiger partial charge < -0.3 is 29.2 Å². The van der Waals surface area contributed by atoms with Crippen LogP contribution >= 0.6 is 0 Å². The number of aliphatic carboxylic acids is 1. The van der Waals surface area contributed by atoms with E-state index in [1.165, 1.54) is 36.4 Å². The lowest BCUT2D eigenvalue weighted by atomic mass is 9.87. The molecule has 0 aliphatic heterocycles. The van der Waals surface area contributed by atoms with E-state index in [2.05, 4.69) is 11.3 Å². The van der Waals surface area contributed by atoms with Crippen LogP contribution in [0.5, 0.6) is 11.5 Å². The van der Waals surface area contributed by atoms with Crippen LogP contribution in [0.25, 0.3) is 0 Å². The average molecular weight is 498 g/mol. The van der Waals surface area contributed by atoms with E-state index in [9.17, 15) is 24.3 Å². The van der Waals surface area contributed by atoms with E-state index in [4.69, 9.17) is 19.3 Å². The maximum atomic E-state index is 12.4. The summed E-state index contributed by atoms with van der Waals surface area (Å²) in [5.41, 5.74) is 0.678. The van der Waals surface area contributed by atoms with Crippen LogP contribution < -0.4 is 9.47 Å². The topological polar surface area (TPSA) is 146 Å². The molecule has 1 saturated carbocycles. The molecule has 190 valence electrons. The van der Waals surface area contributed by atoms with Gasteiger partial charge in [-0.25, -0.2) is 14.4 Å². The average Bonchev–Trinajstić information content (AvgIpc) is 2.88. The highest BCUT2D eigenvalue weighted by atomic mass is 16.6. The molecule has 0 aromatic heterocycles. The molecule has 0 radical (unpaired) electrons. The molecule has 0 saturated heterocycles. The Kier molecular flexibility index (Phi) is 9.32. The number of hydrogen-bond acceptors (Lipinski definition) is 9. The van der Waals surface area contributed by atoms with Gasteiger partial charge in [-0.05, 0) is 62.1 Å². The van der Waals surface area contributed by atoms with E-state index >= 15 is 0 Å². The molecule has 2 aromatic rings. The number of carboxylic acid groups (broad SMARTS) is 1. The van der Waals surface area contributed by atoms with Gasteiger partial charge in [0, 0.05) is 11.6 Å². The third-order valence-electron chi connectivity index (χ3n) is 5.54. The molecule has 2 aromatic carbocycles. The van der Waals surface area contributed by atoms with Gasteiger partial charge in [-0.2, -0.15) is 0 Å². The molecule has 1 atom stereocenters. The molecule has 1 unspecified atom stereocenters. The summed E-state index contributed by atoms with van der Waals surface area (Å²) in [5.74, 6) is -2.95. The Labute approximate surface area is 207 Å². The molecule has 1 aliphatic rings. The second-order valence-electron chi connectivity index (χ2n) is 8.07. The molecule has 0 heterocycles. The predicted molar refractivity (Wildman–Crippen MR) is 124 cm³/mol. The monoisotopic (exact) mass is 498 g/mol. The largest absolute Gasteiger partial charge is 0.481 e. The molecule has 10 heteroatoms. The van der Waals surface area contributed by atoms with Crippen LogP contribution in [-0.4, -0.2) is 46.8 Å². The standard InChI is InChI=1S/C26H26O10/c1-2-22(27)33-15-23(28)34-19-11-5-17(6-12-19)25(31)36-21-13-7-18(8-14-21)26(32)35-20-9-3-16(4-10-20)24(29)30/h2,5-8,11-14,16,20,26,32H,1,3-4,9-10,15H2,(H,29,30). The first-order valence-corrected chi connectivity index (χ1v) is 11.2. The molecule has 1 aliphatic carbocycles. The highest BCUT2D eigenvalue weighted by Gasteiger charge is 2.28. The lowest BCUT2D eigenvalue weighted by Crippen LogP contribution is -2.27. The van der Waals surface area contributed by atoms with E-state index < -0.39 is 36.8 Å². The molecular weight excluding hydrogens is 472 g/mol. The number of rotatable bonds is 10. The van der Waals surface area contributed by atoms with Crippen LogP contribution in [0.4, 0.5) is 0 Å². The summed E-state index contributed by atoms with van der Waals surface area (Å²) in [4.78, 5) is 46.1. The molecule has 3 rings (SSSR count). The summed E-state index contributed by atoms with van der Waals surface area (Å²) in [6.07, 6.45) is 1.66. The first-order valence-electron chi connectivity index (χ1n) is 11.2. The fraction of sp³-hybridized carbons (Fsp3) is 0.308. The van der Waals surface area contributed by atoms with E-state index in [0.717, 1.165) is 6.08 Å². The predicted octanol–water partition coefficient (Wildman–Crippen LogP) is 3.19. The summed E-state index contributed by atoms with van der Waals surface area (Å²) in [6.45, 7) is 2.64. The van der Waals surface area contributed by atoms with Crippen LogP contribution in [0.2, 0.25) is 0 Å². The SMILES string of the molecule is C=CC(=O)OCC(=O)Oc1ccc(C(=O)Oc2ccc(C(O)OC3CCC(C(=O)O)CC3)cc2)cc1. The summed E-state index contributed by atoms with van der Waals surface area (Å²) >= 11 is 0. The first kappa shape index (κ1) is 26.6. The summed E-state index contributed by atoms with van der Waals surface area (Å²) in [7, 11) is 0. The van der Waals surface area contributed by atoms with Gasteiger partial charge >= 0.3 is 23.9 Å². The van der Waals surface area contributed by atoms with Crippen molar-refractivity contribution in [3.05, 3.63) is 72.3 Å². The fourth-order valence-electron chi connectivity index (χ4n) is 3.58. The van der Waals surface area contributed by atoms with Gasteiger partial charge in [0.25, 0.3) is 0 Å². The second kappa shape index (κ2) is 12.6. The Morgan fingerprint density at radius 1 is 0.917 bits per heavy atom. The second-order valence-corrected chi connectivity index (χ2v) is 8.07. The number of aliphatic hydroxyl groups is 1. The van der Waals surface area contributed by atoms with E-state index in [1.807, 2.05) is 0 Å². The van der Waals surface area contributed by atoms with Crippen molar-refractivity contribution in [3.8, 4) is 11.5 Å². The molecule has 0 amide bonds. The van der Waals surface area contributed by atoms with Crippen LogP contribution in [0.1, 0.15) is 47.9 Å². The number of carbonyl (C=O) groups excluding carboxylic acids is 3. The number of ether oxygens (including phenoxy) is 4. The maximum Gasteiger partial charge on any atom is 0.349 e. The minimum Gasteiger partial charge on any atom is -0.481 e. The summed E-state index contributed by atoms with van der Waals surface area (Å²) in [5, 5.41) is 19.4. The molecule has 36 heavy (non-hydrogen) atoms. The quantitative estimate of drug-likeness (QED) is 0.217. The number of aliphatic hydroxyl groups excluding tert-OH is 1. The highest BCUT2D eigenvalue weighted by Crippen LogP contribution is 2.30. The van der Waals surface area contributed by atoms with Gasteiger partial charge in [-0.15, -0.1) is 0 Å². The van der Waals surface area contributed by atoms with Gasteiger partial charge in [0.15, 0.2) is 12.9 Å². The normalized spacial score (nSPS) is 17.9. The Hall–Kier alpha value is -4.02. The lowest BCUT2D eigenvalue weighted by Gasteiger charge is -2.28.